The lowest BCUT2D eigenvalue weighted by molar-refractivity contribution is -0.187. The second-order valence-corrected chi connectivity index (χ2v) is 6.18. The number of para-hydroxylation sites is 1. The number of carbonyl (C=O) groups is 1. The molecule has 0 atom stereocenters. The molecule has 0 aromatic heterocycles. The van der Waals surface area contributed by atoms with E-state index in [0.717, 1.165) is 23.0 Å². The van der Waals surface area contributed by atoms with Gasteiger partial charge in [-0.2, -0.15) is 0 Å². The van der Waals surface area contributed by atoms with Crippen LogP contribution in [0.25, 0.3) is 0 Å². The molecule has 1 amide bonds. The second kappa shape index (κ2) is 6.34. The van der Waals surface area contributed by atoms with Crippen LogP contribution in [0.2, 0.25) is 0 Å². The summed E-state index contributed by atoms with van der Waals surface area (Å²) in [5.41, 5.74) is 0.932. The first-order valence-electron chi connectivity index (χ1n) is 7.23. The molecule has 1 aromatic rings. The van der Waals surface area contributed by atoms with E-state index >= 15 is 0 Å². The largest absolute Gasteiger partial charge is 0.375 e. The Morgan fingerprint density at radius 3 is 2.57 bits per heavy atom. The maximum atomic E-state index is 12.3. The van der Waals surface area contributed by atoms with Gasteiger partial charge >= 0.3 is 0 Å². The molecule has 114 valence electrons. The van der Waals surface area contributed by atoms with Gasteiger partial charge < -0.3 is 19.7 Å². The van der Waals surface area contributed by atoms with Gasteiger partial charge in [-0.25, -0.2) is 0 Å². The van der Waals surface area contributed by atoms with Crippen LogP contribution in [0.4, 0.5) is 5.69 Å². The normalized spacial score (nSPS) is 20.7. The fraction of sp³-hybridized carbons (Fsp3) is 0.533. The van der Waals surface area contributed by atoms with E-state index in [1.165, 1.54) is 0 Å². The Morgan fingerprint density at radius 2 is 1.90 bits per heavy atom. The number of amides is 1. The van der Waals surface area contributed by atoms with Crippen molar-refractivity contribution in [3.05, 3.63) is 28.7 Å². The molecule has 2 saturated heterocycles. The monoisotopic (exact) mass is 354 g/mol. The van der Waals surface area contributed by atoms with Gasteiger partial charge in [0.15, 0.2) is 5.79 Å². The predicted octanol–water partition coefficient (Wildman–Crippen LogP) is 2.23. The zero-order chi connectivity index (χ0) is 14.7. The van der Waals surface area contributed by atoms with Gasteiger partial charge in [0.1, 0.15) is 0 Å². The van der Waals surface area contributed by atoms with E-state index in [9.17, 15) is 4.79 Å². The number of likely N-dealkylation sites (tertiary alicyclic amines) is 1. The number of piperidine rings is 1. The number of rotatable bonds is 3. The molecule has 2 aliphatic heterocycles. The lowest BCUT2D eigenvalue weighted by Gasteiger charge is -2.37. The third-order valence-electron chi connectivity index (χ3n) is 4.00. The summed E-state index contributed by atoms with van der Waals surface area (Å²) in [7, 11) is 0. The maximum Gasteiger partial charge on any atom is 0.241 e. The Bertz CT molecular complexity index is 507. The third-order valence-corrected chi connectivity index (χ3v) is 4.69. The molecule has 1 N–H and O–H groups in total. The van der Waals surface area contributed by atoms with Crippen molar-refractivity contribution in [1.29, 1.82) is 0 Å². The van der Waals surface area contributed by atoms with Gasteiger partial charge in [-0.05, 0) is 28.1 Å². The first-order chi connectivity index (χ1) is 10.2. The SMILES string of the molecule is O=C(CNc1ccccc1Br)N1CCC2(CC1)OCCO2. The zero-order valence-electron chi connectivity index (χ0n) is 11.8. The number of hydrogen-bond donors (Lipinski definition) is 1. The van der Waals surface area contributed by atoms with Crippen LogP contribution in [-0.2, 0) is 14.3 Å². The van der Waals surface area contributed by atoms with Crippen LogP contribution < -0.4 is 5.32 Å². The molecule has 0 aliphatic carbocycles. The van der Waals surface area contributed by atoms with Crippen LogP contribution >= 0.6 is 15.9 Å². The molecule has 6 heteroatoms. The molecule has 2 aliphatic rings. The van der Waals surface area contributed by atoms with Crippen LogP contribution in [-0.4, -0.2) is 49.4 Å². The van der Waals surface area contributed by atoms with Gasteiger partial charge in [0.25, 0.3) is 0 Å². The molecule has 1 aromatic carbocycles. The topological polar surface area (TPSA) is 50.8 Å². The Hall–Kier alpha value is -1.11. The summed E-state index contributed by atoms with van der Waals surface area (Å²) in [6, 6.07) is 7.79. The summed E-state index contributed by atoms with van der Waals surface area (Å²) in [5, 5.41) is 3.17. The number of benzene rings is 1. The van der Waals surface area contributed by atoms with Crippen molar-refractivity contribution in [2.45, 2.75) is 18.6 Å². The number of halogens is 1. The fourth-order valence-corrected chi connectivity index (χ4v) is 3.19. The average Bonchev–Trinajstić information content (AvgIpc) is 2.95. The summed E-state index contributed by atoms with van der Waals surface area (Å²) in [5.74, 6) is -0.314. The zero-order valence-corrected chi connectivity index (χ0v) is 13.4. The average molecular weight is 355 g/mol. The predicted molar refractivity (Wildman–Crippen MR) is 83.1 cm³/mol. The molecule has 0 radical (unpaired) electrons. The fourth-order valence-electron chi connectivity index (χ4n) is 2.77. The number of nitrogens with one attached hydrogen (secondary N) is 1. The maximum absolute atomic E-state index is 12.3. The Kier molecular flexibility index (Phi) is 4.47. The Balaban J connectivity index is 1.49. The van der Waals surface area contributed by atoms with E-state index in [4.69, 9.17) is 9.47 Å². The van der Waals surface area contributed by atoms with Crippen LogP contribution in [0.3, 0.4) is 0 Å². The summed E-state index contributed by atoms with van der Waals surface area (Å²) in [6.45, 7) is 3.01. The molecule has 0 bridgehead atoms. The molecule has 2 heterocycles. The molecule has 0 saturated carbocycles. The summed E-state index contributed by atoms with van der Waals surface area (Å²) in [4.78, 5) is 14.1. The number of anilines is 1. The molecular weight excluding hydrogens is 336 g/mol. The lowest BCUT2D eigenvalue weighted by atomic mass is 10.0. The van der Waals surface area contributed by atoms with Crippen molar-refractivity contribution in [2.75, 3.05) is 38.2 Å². The van der Waals surface area contributed by atoms with Crippen LogP contribution in [0, 0.1) is 0 Å². The minimum Gasteiger partial charge on any atom is -0.375 e. The number of ether oxygens (including phenoxy) is 2. The third kappa shape index (κ3) is 3.39. The van der Waals surface area contributed by atoms with Crippen LogP contribution in [0.15, 0.2) is 28.7 Å². The van der Waals surface area contributed by atoms with Gasteiger partial charge in [-0.1, -0.05) is 12.1 Å². The van der Waals surface area contributed by atoms with Crippen LogP contribution in [0.5, 0.6) is 0 Å². The van der Waals surface area contributed by atoms with Gasteiger partial charge in [0.05, 0.1) is 19.8 Å². The standard InChI is InChI=1S/C15H19BrN2O3/c16-12-3-1-2-4-13(12)17-11-14(19)18-7-5-15(6-8-18)20-9-10-21-15/h1-4,17H,5-11H2. The van der Waals surface area contributed by atoms with Crippen molar-refractivity contribution in [1.82, 2.24) is 4.90 Å². The number of nitrogens with zero attached hydrogens (tertiary/aromatic N) is 1. The number of hydrogen-bond acceptors (Lipinski definition) is 4. The van der Waals surface area contributed by atoms with E-state index in [1.54, 1.807) is 0 Å². The first-order valence-corrected chi connectivity index (χ1v) is 8.02. The van der Waals surface area contributed by atoms with Crippen molar-refractivity contribution in [2.24, 2.45) is 0 Å². The smallest absolute Gasteiger partial charge is 0.241 e. The molecule has 1 spiro atoms. The second-order valence-electron chi connectivity index (χ2n) is 5.32. The van der Waals surface area contributed by atoms with Crippen LogP contribution in [0.1, 0.15) is 12.8 Å². The van der Waals surface area contributed by atoms with E-state index in [-0.39, 0.29) is 5.91 Å². The summed E-state index contributed by atoms with van der Waals surface area (Å²) in [6.07, 6.45) is 1.52. The van der Waals surface area contributed by atoms with Crippen molar-refractivity contribution < 1.29 is 14.3 Å². The summed E-state index contributed by atoms with van der Waals surface area (Å²) < 4.78 is 12.3. The molecular formula is C15H19BrN2O3. The highest BCUT2D eigenvalue weighted by atomic mass is 79.9. The van der Waals surface area contributed by atoms with Crippen molar-refractivity contribution >= 4 is 27.5 Å². The summed E-state index contributed by atoms with van der Waals surface area (Å²) >= 11 is 3.46. The Labute approximate surface area is 132 Å². The highest BCUT2D eigenvalue weighted by Crippen LogP contribution is 2.31. The van der Waals surface area contributed by atoms with E-state index in [1.807, 2.05) is 29.2 Å². The quantitative estimate of drug-likeness (QED) is 0.904. The highest BCUT2D eigenvalue weighted by Gasteiger charge is 2.40. The van der Waals surface area contributed by atoms with Gasteiger partial charge in [-0.3, -0.25) is 4.79 Å². The van der Waals surface area contributed by atoms with E-state index < -0.39 is 5.79 Å². The van der Waals surface area contributed by atoms with Gasteiger partial charge in [0, 0.05) is 36.1 Å². The number of carbonyl (C=O) groups excluding carboxylic acids is 1. The van der Waals surface area contributed by atoms with E-state index in [2.05, 4.69) is 21.2 Å². The molecule has 2 fully saturated rings. The Morgan fingerprint density at radius 1 is 1.24 bits per heavy atom. The molecule has 0 unspecified atom stereocenters. The molecule has 3 rings (SSSR count). The van der Waals surface area contributed by atoms with Crippen molar-refractivity contribution in [3.63, 3.8) is 0 Å². The van der Waals surface area contributed by atoms with E-state index in [0.29, 0.717) is 32.8 Å². The minimum atomic E-state index is -0.424. The minimum absolute atomic E-state index is 0.110. The lowest BCUT2D eigenvalue weighted by Crippen LogP contribution is -2.48. The first kappa shape index (κ1) is 14.8. The van der Waals surface area contributed by atoms with Gasteiger partial charge in [0.2, 0.25) is 5.91 Å². The van der Waals surface area contributed by atoms with Gasteiger partial charge in [-0.15, -0.1) is 0 Å². The molecule has 5 nitrogen and oxygen atoms in total. The highest BCUT2D eigenvalue weighted by molar-refractivity contribution is 9.10. The molecule has 21 heavy (non-hydrogen) atoms. The van der Waals surface area contributed by atoms with Crippen molar-refractivity contribution in [3.8, 4) is 0 Å².